The molecular weight excluding hydrogens is 186 g/mol. The molecule has 1 aliphatic heterocycles. The number of ketones is 1. The Morgan fingerprint density at radius 1 is 1.36 bits per heavy atom. The first-order chi connectivity index (χ1) is 6.59. The maximum absolute atomic E-state index is 11.1. The highest BCUT2D eigenvalue weighted by molar-refractivity contribution is 6.14. The SMILES string of the molecule is CC(=O)c1cnc2c(c1)C(=O)OC2=O. The van der Waals surface area contributed by atoms with Gasteiger partial charge in [-0.05, 0) is 13.0 Å². The van der Waals surface area contributed by atoms with E-state index in [-0.39, 0.29) is 22.6 Å². The number of cyclic esters (lactones) is 2. The first-order valence-electron chi connectivity index (χ1n) is 3.87. The summed E-state index contributed by atoms with van der Waals surface area (Å²) in [5, 5.41) is 0. The third-order valence-electron chi connectivity index (χ3n) is 1.89. The summed E-state index contributed by atoms with van der Waals surface area (Å²) in [6.45, 7) is 1.35. The summed E-state index contributed by atoms with van der Waals surface area (Å²) in [5.41, 5.74) is 0.318. The number of pyridine rings is 1. The number of hydrogen-bond acceptors (Lipinski definition) is 5. The van der Waals surface area contributed by atoms with Gasteiger partial charge in [0.25, 0.3) is 0 Å². The van der Waals surface area contributed by atoms with Crippen molar-refractivity contribution < 1.29 is 19.1 Å². The zero-order valence-corrected chi connectivity index (χ0v) is 7.23. The summed E-state index contributed by atoms with van der Waals surface area (Å²) in [5.74, 6) is -1.73. The molecule has 0 aliphatic carbocycles. The van der Waals surface area contributed by atoms with Crippen molar-refractivity contribution in [1.82, 2.24) is 4.98 Å². The number of fused-ring (bicyclic) bond motifs is 1. The Bertz CT molecular complexity index is 464. The summed E-state index contributed by atoms with van der Waals surface area (Å²) in [7, 11) is 0. The average molecular weight is 191 g/mol. The van der Waals surface area contributed by atoms with E-state index >= 15 is 0 Å². The van der Waals surface area contributed by atoms with Crippen LogP contribution in [0.3, 0.4) is 0 Å². The molecule has 0 N–H and O–H groups in total. The normalized spacial score (nSPS) is 13.8. The van der Waals surface area contributed by atoms with E-state index in [9.17, 15) is 14.4 Å². The van der Waals surface area contributed by atoms with Crippen LogP contribution in [0, 0.1) is 0 Å². The van der Waals surface area contributed by atoms with Crippen molar-refractivity contribution in [1.29, 1.82) is 0 Å². The molecule has 5 heteroatoms. The minimum atomic E-state index is -0.764. The minimum Gasteiger partial charge on any atom is -0.384 e. The highest BCUT2D eigenvalue weighted by atomic mass is 16.6. The molecule has 0 spiro atoms. The van der Waals surface area contributed by atoms with Crippen LogP contribution in [0.5, 0.6) is 0 Å². The topological polar surface area (TPSA) is 73.3 Å². The molecule has 2 heterocycles. The molecule has 0 bridgehead atoms. The first kappa shape index (κ1) is 8.55. The van der Waals surface area contributed by atoms with E-state index < -0.39 is 11.9 Å². The number of nitrogens with zero attached hydrogens (tertiary/aromatic N) is 1. The molecule has 0 amide bonds. The molecular formula is C9H5NO4. The van der Waals surface area contributed by atoms with Gasteiger partial charge in [0.1, 0.15) is 0 Å². The second kappa shape index (κ2) is 2.73. The van der Waals surface area contributed by atoms with Gasteiger partial charge >= 0.3 is 11.9 Å². The Labute approximate surface area is 78.7 Å². The third-order valence-corrected chi connectivity index (χ3v) is 1.89. The maximum Gasteiger partial charge on any atom is 0.365 e. The third kappa shape index (κ3) is 1.10. The van der Waals surface area contributed by atoms with Crippen LogP contribution in [0.1, 0.15) is 38.1 Å². The van der Waals surface area contributed by atoms with Gasteiger partial charge in [0.2, 0.25) is 0 Å². The van der Waals surface area contributed by atoms with Crippen molar-refractivity contribution in [2.24, 2.45) is 0 Å². The van der Waals surface area contributed by atoms with Gasteiger partial charge in [-0.2, -0.15) is 0 Å². The molecule has 0 radical (unpaired) electrons. The molecule has 0 atom stereocenters. The lowest BCUT2D eigenvalue weighted by atomic mass is 10.1. The molecule has 1 aromatic heterocycles. The highest BCUT2D eigenvalue weighted by Crippen LogP contribution is 2.18. The van der Waals surface area contributed by atoms with E-state index in [0.29, 0.717) is 0 Å². The fourth-order valence-electron chi connectivity index (χ4n) is 1.16. The Kier molecular flexibility index (Phi) is 1.67. The van der Waals surface area contributed by atoms with Crippen LogP contribution >= 0.6 is 0 Å². The van der Waals surface area contributed by atoms with Crippen LogP contribution in [-0.2, 0) is 4.74 Å². The molecule has 0 saturated carbocycles. The highest BCUT2D eigenvalue weighted by Gasteiger charge is 2.31. The Morgan fingerprint density at radius 2 is 2.07 bits per heavy atom. The summed E-state index contributed by atoms with van der Waals surface area (Å²) >= 11 is 0. The van der Waals surface area contributed by atoms with Gasteiger partial charge in [-0.25, -0.2) is 14.6 Å². The summed E-state index contributed by atoms with van der Waals surface area (Å²) in [4.78, 5) is 36.7. The largest absolute Gasteiger partial charge is 0.384 e. The van der Waals surface area contributed by atoms with Gasteiger partial charge in [0, 0.05) is 11.8 Å². The smallest absolute Gasteiger partial charge is 0.365 e. The van der Waals surface area contributed by atoms with Crippen LogP contribution in [0.4, 0.5) is 0 Å². The predicted octanol–water partition coefficient (Wildman–Crippen LogP) is 0.595. The van der Waals surface area contributed by atoms with Gasteiger partial charge in [0.15, 0.2) is 11.5 Å². The number of esters is 2. The number of Topliss-reactive ketones (excluding diaryl/α,β-unsaturated/α-hetero) is 1. The number of carbonyl (C=O) groups excluding carboxylic acids is 3. The van der Waals surface area contributed by atoms with E-state index in [2.05, 4.69) is 9.72 Å². The Balaban J connectivity index is 2.61. The number of hydrogen-bond donors (Lipinski definition) is 0. The zero-order chi connectivity index (χ0) is 10.3. The maximum atomic E-state index is 11.1. The first-order valence-corrected chi connectivity index (χ1v) is 3.87. The van der Waals surface area contributed by atoms with E-state index in [1.54, 1.807) is 0 Å². The standard InChI is InChI=1S/C9H5NO4/c1-4(11)5-2-6-7(10-3-5)9(13)14-8(6)12/h2-3H,1H3. The van der Waals surface area contributed by atoms with Gasteiger partial charge < -0.3 is 4.74 Å². The average Bonchev–Trinajstić information content (AvgIpc) is 2.42. The van der Waals surface area contributed by atoms with Gasteiger partial charge in [0.05, 0.1) is 5.56 Å². The van der Waals surface area contributed by atoms with Crippen molar-refractivity contribution >= 4 is 17.7 Å². The van der Waals surface area contributed by atoms with Crippen LogP contribution in [0.2, 0.25) is 0 Å². The second-order valence-electron chi connectivity index (χ2n) is 2.85. The fourth-order valence-corrected chi connectivity index (χ4v) is 1.16. The zero-order valence-electron chi connectivity index (χ0n) is 7.23. The van der Waals surface area contributed by atoms with Crippen molar-refractivity contribution in [2.75, 3.05) is 0 Å². The van der Waals surface area contributed by atoms with E-state index in [1.165, 1.54) is 19.2 Å². The molecule has 0 aromatic carbocycles. The van der Waals surface area contributed by atoms with Crippen LogP contribution < -0.4 is 0 Å². The summed E-state index contributed by atoms with van der Waals surface area (Å²) in [6.07, 6.45) is 1.25. The lowest BCUT2D eigenvalue weighted by Crippen LogP contribution is -2.00. The van der Waals surface area contributed by atoms with E-state index in [4.69, 9.17) is 0 Å². The molecule has 0 fully saturated rings. The molecule has 2 rings (SSSR count). The molecule has 5 nitrogen and oxygen atoms in total. The van der Waals surface area contributed by atoms with Gasteiger partial charge in [-0.15, -0.1) is 0 Å². The molecule has 0 unspecified atom stereocenters. The number of carbonyl (C=O) groups is 3. The molecule has 14 heavy (non-hydrogen) atoms. The number of aromatic nitrogens is 1. The molecule has 70 valence electrons. The molecule has 1 aliphatic rings. The van der Waals surface area contributed by atoms with Crippen LogP contribution in [-0.4, -0.2) is 22.7 Å². The number of rotatable bonds is 1. The monoisotopic (exact) mass is 191 g/mol. The van der Waals surface area contributed by atoms with Crippen LogP contribution in [0.25, 0.3) is 0 Å². The summed E-state index contributed by atoms with van der Waals surface area (Å²) in [6, 6.07) is 1.32. The minimum absolute atomic E-state index is 0.0278. The van der Waals surface area contributed by atoms with Crippen LogP contribution in [0.15, 0.2) is 12.3 Å². The van der Waals surface area contributed by atoms with Crippen molar-refractivity contribution in [3.63, 3.8) is 0 Å². The van der Waals surface area contributed by atoms with Crippen molar-refractivity contribution in [3.05, 3.63) is 29.1 Å². The lowest BCUT2D eigenvalue weighted by Gasteiger charge is -1.95. The molecule has 1 aromatic rings. The van der Waals surface area contributed by atoms with Gasteiger partial charge in [-0.3, -0.25) is 4.79 Å². The van der Waals surface area contributed by atoms with E-state index in [0.717, 1.165) is 0 Å². The lowest BCUT2D eigenvalue weighted by molar-refractivity contribution is 0.0441. The van der Waals surface area contributed by atoms with Crippen molar-refractivity contribution in [2.45, 2.75) is 6.92 Å². The van der Waals surface area contributed by atoms with E-state index in [1.807, 2.05) is 0 Å². The fraction of sp³-hybridized carbons (Fsp3) is 0.111. The van der Waals surface area contributed by atoms with Gasteiger partial charge in [-0.1, -0.05) is 0 Å². The molecule has 0 saturated heterocycles. The predicted molar refractivity (Wildman–Crippen MR) is 44.0 cm³/mol. The second-order valence-corrected chi connectivity index (χ2v) is 2.85. The number of ether oxygens (including phenoxy) is 1. The Morgan fingerprint density at radius 3 is 2.71 bits per heavy atom. The quantitative estimate of drug-likeness (QED) is 0.369. The summed E-state index contributed by atoms with van der Waals surface area (Å²) < 4.78 is 4.31. The Hall–Kier alpha value is -2.04. The van der Waals surface area contributed by atoms with Crippen molar-refractivity contribution in [3.8, 4) is 0 Å².